The summed E-state index contributed by atoms with van der Waals surface area (Å²) < 4.78 is 34.5. The molecule has 0 bridgehead atoms. The molecule has 1 aromatic carbocycles. The molecule has 0 amide bonds. The Labute approximate surface area is 115 Å². The molecule has 1 N–H and O–H groups in total. The van der Waals surface area contributed by atoms with Gasteiger partial charge in [-0.15, -0.1) is 0 Å². The van der Waals surface area contributed by atoms with Crippen molar-refractivity contribution in [1.82, 2.24) is 5.32 Å². The summed E-state index contributed by atoms with van der Waals surface area (Å²) in [6, 6.07) is 4.61. The second-order valence-electron chi connectivity index (χ2n) is 4.40. The maximum absolute atomic E-state index is 12.3. The first-order chi connectivity index (χ1) is 9.15. The Hall–Kier alpha value is -0.910. The summed E-state index contributed by atoms with van der Waals surface area (Å²) in [5.41, 5.74) is 0.616. The minimum atomic E-state index is -2.84. The molecule has 1 fully saturated rings. The van der Waals surface area contributed by atoms with E-state index in [2.05, 4.69) is 10.1 Å². The lowest BCUT2D eigenvalue weighted by Crippen LogP contribution is -2.26. The van der Waals surface area contributed by atoms with E-state index in [4.69, 9.17) is 16.3 Å². The van der Waals surface area contributed by atoms with Crippen LogP contribution in [0.2, 0.25) is 5.02 Å². The first-order valence-electron chi connectivity index (χ1n) is 6.20. The third-order valence-electron chi connectivity index (χ3n) is 2.95. The highest BCUT2D eigenvalue weighted by Crippen LogP contribution is 2.24. The maximum atomic E-state index is 12.3. The molecule has 1 aromatic rings. The zero-order valence-electron chi connectivity index (χ0n) is 10.4. The van der Waals surface area contributed by atoms with Crippen LogP contribution in [0.5, 0.6) is 5.75 Å². The Morgan fingerprint density at radius 1 is 1.47 bits per heavy atom. The zero-order valence-corrected chi connectivity index (χ0v) is 11.1. The lowest BCUT2D eigenvalue weighted by Gasteiger charge is -2.14. The van der Waals surface area contributed by atoms with E-state index in [1.807, 2.05) is 0 Å². The van der Waals surface area contributed by atoms with Crippen LogP contribution in [-0.4, -0.2) is 25.9 Å². The highest BCUT2D eigenvalue weighted by atomic mass is 35.5. The average Bonchev–Trinajstić information content (AvgIpc) is 2.85. The first-order valence-corrected chi connectivity index (χ1v) is 6.58. The van der Waals surface area contributed by atoms with Crippen molar-refractivity contribution >= 4 is 11.6 Å². The van der Waals surface area contributed by atoms with Gasteiger partial charge in [-0.2, -0.15) is 8.78 Å². The molecule has 19 heavy (non-hydrogen) atoms. The van der Waals surface area contributed by atoms with Gasteiger partial charge in [0.15, 0.2) is 0 Å². The number of ether oxygens (including phenoxy) is 2. The molecule has 3 nitrogen and oxygen atoms in total. The minimum Gasteiger partial charge on any atom is -0.434 e. The fraction of sp³-hybridized carbons (Fsp3) is 0.538. The van der Waals surface area contributed by atoms with Gasteiger partial charge in [-0.05, 0) is 31.0 Å². The normalized spacial score (nSPS) is 19.1. The second kappa shape index (κ2) is 7.03. The number of benzene rings is 1. The number of hydrogen-bond donors (Lipinski definition) is 1. The van der Waals surface area contributed by atoms with E-state index in [-0.39, 0.29) is 11.9 Å². The number of halogens is 3. The van der Waals surface area contributed by atoms with Crippen molar-refractivity contribution in [2.24, 2.45) is 0 Å². The molecule has 106 valence electrons. The molecule has 6 heteroatoms. The molecule has 2 rings (SSSR count). The lowest BCUT2D eigenvalue weighted by molar-refractivity contribution is -0.0505. The summed E-state index contributed by atoms with van der Waals surface area (Å²) in [5, 5.41) is 3.67. The Morgan fingerprint density at radius 2 is 2.32 bits per heavy atom. The van der Waals surface area contributed by atoms with Gasteiger partial charge in [0, 0.05) is 30.3 Å². The third kappa shape index (κ3) is 4.60. The highest BCUT2D eigenvalue weighted by molar-refractivity contribution is 6.30. The summed E-state index contributed by atoms with van der Waals surface area (Å²) in [6.07, 6.45) is 2.31. The molecular formula is C13H16ClF2NO2. The van der Waals surface area contributed by atoms with Crippen molar-refractivity contribution < 1.29 is 18.3 Å². The largest absolute Gasteiger partial charge is 0.434 e. The van der Waals surface area contributed by atoms with E-state index in [0.717, 1.165) is 19.4 Å². The van der Waals surface area contributed by atoms with Crippen molar-refractivity contribution in [3.63, 3.8) is 0 Å². The van der Waals surface area contributed by atoms with Gasteiger partial charge >= 0.3 is 6.61 Å². The van der Waals surface area contributed by atoms with Gasteiger partial charge in [-0.25, -0.2) is 0 Å². The van der Waals surface area contributed by atoms with Gasteiger partial charge in [0.2, 0.25) is 0 Å². The van der Waals surface area contributed by atoms with Crippen molar-refractivity contribution in [3.05, 3.63) is 28.8 Å². The molecule has 1 atom stereocenters. The number of alkyl halides is 2. The predicted octanol–water partition coefficient (Wildman–Crippen LogP) is 3.21. The Morgan fingerprint density at radius 3 is 3.00 bits per heavy atom. The molecule has 1 heterocycles. The van der Waals surface area contributed by atoms with E-state index in [9.17, 15) is 8.78 Å². The topological polar surface area (TPSA) is 30.5 Å². The van der Waals surface area contributed by atoms with Crippen LogP contribution >= 0.6 is 11.6 Å². The maximum Gasteiger partial charge on any atom is 0.387 e. The smallest absolute Gasteiger partial charge is 0.387 e. The number of hydrogen-bond acceptors (Lipinski definition) is 3. The Balaban J connectivity index is 1.91. The van der Waals surface area contributed by atoms with E-state index in [0.29, 0.717) is 23.7 Å². The van der Waals surface area contributed by atoms with Crippen LogP contribution in [0.3, 0.4) is 0 Å². The minimum absolute atomic E-state index is 0.152. The van der Waals surface area contributed by atoms with Crippen LogP contribution in [-0.2, 0) is 11.3 Å². The van der Waals surface area contributed by atoms with E-state index in [1.54, 1.807) is 6.07 Å². The summed E-state index contributed by atoms with van der Waals surface area (Å²) in [4.78, 5) is 0. The quantitative estimate of drug-likeness (QED) is 0.873. The molecule has 0 aliphatic carbocycles. The van der Waals surface area contributed by atoms with Crippen LogP contribution in [0.15, 0.2) is 18.2 Å². The predicted molar refractivity (Wildman–Crippen MR) is 68.8 cm³/mol. The molecular weight excluding hydrogens is 276 g/mol. The monoisotopic (exact) mass is 291 g/mol. The molecule has 0 radical (unpaired) electrons. The van der Waals surface area contributed by atoms with E-state index >= 15 is 0 Å². The lowest BCUT2D eigenvalue weighted by atomic mass is 10.2. The third-order valence-corrected chi connectivity index (χ3v) is 3.19. The zero-order chi connectivity index (χ0) is 13.7. The van der Waals surface area contributed by atoms with Crippen LogP contribution in [0.4, 0.5) is 8.78 Å². The van der Waals surface area contributed by atoms with Gasteiger partial charge in [-0.1, -0.05) is 11.6 Å². The van der Waals surface area contributed by atoms with Gasteiger partial charge in [0.1, 0.15) is 5.75 Å². The fourth-order valence-electron chi connectivity index (χ4n) is 2.07. The van der Waals surface area contributed by atoms with Crippen LogP contribution in [0.1, 0.15) is 18.4 Å². The Kier molecular flexibility index (Phi) is 5.36. The van der Waals surface area contributed by atoms with E-state index in [1.165, 1.54) is 12.1 Å². The van der Waals surface area contributed by atoms with Crippen LogP contribution in [0.25, 0.3) is 0 Å². The first kappa shape index (κ1) is 14.5. The van der Waals surface area contributed by atoms with Crippen molar-refractivity contribution in [2.75, 3.05) is 13.2 Å². The Bertz CT molecular complexity index is 412. The van der Waals surface area contributed by atoms with Crippen LogP contribution in [0, 0.1) is 0 Å². The summed E-state index contributed by atoms with van der Waals surface area (Å²) in [7, 11) is 0. The SMILES string of the molecule is FC(F)Oc1ccc(Cl)cc1CNC[C@H]1CCCO1. The molecule has 0 spiro atoms. The standard InChI is InChI=1S/C13H16ClF2NO2/c14-10-3-4-12(19-13(15)16)9(6-10)7-17-8-11-2-1-5-18-11/h3-4,6,11,13,17H,1-2,5,7-8H2/t11-/m1/s1. The van der Waals surface area contributed by atoms with Gasteiger partial charge in [0.25, 0.3) is 0 Å². The summed E-state index contributed by atoms with van der Waals surface area (Å²) in [5.74, 6) is 0.152. The fourth-order valence-corrected chi connectivity index (χ4v) is 2.26. The average molecular weight is 292 g/mol. The summed E-state index contributed by atoms with van der Waals surface area (Å²) in [6.45, 7) is -0.926. The van der Waals surface area contributed by atoms with Gasteiger partial charge in [0.05, 0.1) is 6.10 Å². The highest BCUT2D eigenvalue weighted by Gasteiger charge is 2.15. The van der Waals surface area contributed by atoms with E-state index < -0.39 is 6.61 Å². The molecule has 0 saturated carbocycles. The van der Waals surface area contributed by atoms with Crippen molar-refractivity contribution in [1.29, 1.82) is 0 Å². The molecule has 1 saturated heterocycles. The van der Waals surface area contributed by atoms with Crippen LogP contribution < -0.4 is 10.1 Å². The summed E-state index contributed by atoms with van der Waals surface area (Å²) >= 11 is 5.86. The molecule has 0 aromatic heterocycles. The molecule has 0 unspecified atom stereocenters. The van der Waals surface area contributed by atoms with Crippen molar-refractivity contribution in [3.8, 4) is 5.75 Å². The number of nitrogens with one attached hydrogen (secondary N) is 1. The van der Waals surface area contributed by atoms with Gasteiger partial charge < -0.3 is 14.8 Å². The number of rotatable bonds is 6. The molecule has 1 aliphatic heterocycles. The molecule has 1 aliphatic rings. The second-order valence-corrected chi connectivity index (χ2v) is 4.83. The van der Waals surface area contributed by atoms with Crippen molar-refractivity contribution in [2.45, 2.75) is 32.1 Å². The van der Waals surface area contributed by atoms with Gasteiger partial charge in [-0.3, -0.25) is 0 Å².